The zero-order valence-electron chi connectivity index (χ0n) is 14.5. The maximum absolute atomic E-state index is 12.9. The zero-order valence-corrected chi connectivity index (χ0v) is 14.5. The number of hydrogen-bond acceptors (Lipinski definition) is 3. The summed E-state index contributed by atoms with van der Waals surface area (Å²) in [5.74, 6) is 0.527. The summed E-state index contributed by atoms with van der Waals surface area (Å²) in [5, 5.41) is 6.93. The van der Waals surface area contributed by atoms with Crippen molar-refractivity contribution in [1.82, 2.24) is 15.5 Å². The second-order valence-corrected chi connectivity index (χ2v) is 7.42. The van der Waals surface area contributed by atoms with E-state index in [0.717, 1.165) is 43.5 Å². The predicted molar refractivity (Wildman–Crippen MR) is 95.0 cm³/mol. The highest BCUT2D eigenvalue weighted by Crippen LogP contribution is 2.46. The molecule has 1 amide bonds. The molecular weight excluding hydrogens is 298 g/mol. The number of benzene rings is 1. The number of allylic oxidation sites excluding steroid dienone is 1. The van der Waals surface area contributed by atoms with E-state index in [9.17, 15) is 4.79 Å². The molecule has 1 saturated heterocycles. The summed E-state index contributed by atoms with van der Waals surface area (Å²) in [6.07, 6.45) is 5.79. The molecule has 2 bridgehead atoms. The van der Waals surface area contributed by atoms with E-state index >= 15 is 0 Å². The van der Waals surface area contributed by atoms with Gasteiger partial charge in [-0.15, -0.1) is 0 Å². The van der Waals surface area contributed by atoms with Crippen LogP contribution in [0.15, 0.2) is 41.6 Å². The van der Waals surface area contributed by atoms with Gasteiger partial charge in [0.2, 0.25) is 5.91 Å². The molecule has 2 N–H and O–H groups in total. The summed E-state index contributed by atoms with van der Waals surface area (Å²) in [6, 6.07) is 10.2. The normalized spacial score (nSPS) is 29.2. The number of carbonyl (C=O) groups excluding carboxylic acids is 1. The Morgan fingerprint density at radius 1 is 1.33 bits per heavy atom. The number of amides is 1. The third-order valence-electron chi connectivity index (χ3n) is 6.00. The van der Waals surface area contributed by atoms with Crippen molar-refractivity contribution in [2.24, 2.45) is 5.92 Å². The van der Waals surface area contributed by atoms with Crippen LogP contribution in [0.4, 0.5) is 0 Å². The average molecular weight is 325 g/mol. The minimum Gasteiger partial charge on any atom is -0.356 e. The first-order valence-corrected chi connectivity index (χ1v) is 9.25. The lowest BCUT2D eigenvalue weighted by Gasteiger charge is -2.57. The number of carbonyl (C=O) groups is 1. The molecule has 1 saturated carbocycles. The smallest absolute Gasteiger partial charge is 0.249 e. The highest BCUT2D eigenvalue weighted by molar-refractivity contribution is 5.94. The lowest BCUT2D eigenvalue weighted by molar-refractivity contribution is -0.119. The molecule has 2 fully saturated rings. The van der Waals surface area contributed by atoms with Crippen LogP contribution in [0.5, 0.6) is 0 Å². The molecule has 1 spiro atoms. The van der Waals surface area contributed by atoms with Crippen molar-refractivity contribution in [1.29, 1.82) is 0 Å². The summed E-state index contributed by atoms with van der Waals surface area (Å²) < 4.78 is 0. The fourth-order valence-corrected chi connectivity index (χ4v) is 4.93. The fourth-order valence-electron chi connectivity index (χ4n) is 4.93. The standard InChI is InChI=1S/C20H27N3O/c1-15-18(19(24)21-14-16-7-3-2-4-8-16)17-9-5-10-20(13-17)22-11-6-12-23(15)20/h2-4,7-8,17,22H,5-6,9-14H2,1H3,(H,21,24)/t17-,20-/m0/s1. The molecule has 128 valence electrons. The Labute approximate surface area is 144 Å². The summed E-state index contributed by atoms with van der Waals surface area (Å²) >= 11 is 0. The van der Waals surface area contributed by atoms with E-state index in [1.807, 2.05) is 18.2 Å². The molecule has 1 aromatic rings. The van der Waals surface area contributed by atoms with Gasteiger partial charge in [-0.05, 0) is 57.1 Å². The second-order valence-electron chi connectivity index (χ2n) is 7.42. The van der Waals surface area contributed by atoms with Crippen molar-refractivity contribution in [3.8, 4) is 0 Å². The average Bonchev–Trinajstić information content (AvgIpc) is 2.61. The Balaban J connectivity index is 1.56. The van der Waals surface area contributed by atoms with Gasteiger partial charge in [-0.3, -0.25) is 10.1 Å². The number of fused-ring (bicyclic) bond motifs is 1. The largest absolute Gasteiger partial charge is 0.356 e. The van der Waals surface area contributed by atoms with Crippen molar-refractivity contribution in [2.75, 3.05) is 13.1 Å². The minimum absolute atomic E-state index is 0.120. The molecule has 3 aliphatic rings. The van der Waals surface area contributed by atoms with Crippen molar-refractivity contribution < 1.29 is 4.79 Å². The molecule has 2 heterocycles. The molecular formula is C20H27N3O. The topological polar surface area (TPSA) is 44.4 Å². The van der Waals surface area contributed by atoms with Crippen LogP contribution in [0.1, 0.15) is 44.6 Å². The van der Waals surface area contributed by atoms with Crippen LogP contribution in [0.3, 0.4) is 0 Å². The van der Waals surface area contributed by atoms with Crippen molar-refractivity contribution in [3.63, 3.8) is 0 Å². The van der Waals surface area contributed by atoms with E-state index in [4.69, 9.17) is 0 Å². The van der Waals surface area contributed by atoms with Crippen LogP contribution in [-0.4, -0.2) is 29.6 Å². The molecule has 1 aliphatic carbocycles. The van der Waals surface area contributed by atoms with E-state index in [-0.39, 0.29) is 11.6 Å². The van der Waals surface area contributed by atoms with Gasteiger partial charge >= 0.3 is 0 Å². The van der Waals surface area contributed by atoms with Gasteiger partial charge in [-0.25, -0.2) is 0 Å². The van der Waals surface area contributed by atoms with E-state index in [2.05, 4.69) is 34.6 Å². The first kappa shape index (κ1) is 15.7. The van der Waals surface area contributed by atoms with Crippen molar-refractivity contribution in [3.05, 3.63) is 47.2 Å². The molecule has 4 nitrogen and oxygen atoms in total. The van der Waals surface area contributed by atoms with Crippen LogP contribution < -0.4 is 10.6 Å². The third-order valence-corrected chi connectivity index (χ3v) is 6.00. The van der Waals surface area contributed by atoms with Gasteiger partial charge in [0.05, 0.1) is 5.66 Å². The van der Waals surface area contributed by atoms with E-state index in [1.54, 1.807) is 0 Å². The molecule has 4 rings (SSSR count). The Morgan fingerprint density at radius 2 is 2.17 bits per heavy atom. The van der Waals surface area contributed by atoms with Gasteiger partial charge in [0, 0.05) is 24.4 Å². The summed E-state index contributed by atoms with van der Waals surface area (Å²) in [5.41, 5.74) is 3.50. The Bertz CT molecular complexity index is 650. The zero-order chi connectivity index (χ0) is 16.6. The van der Waals surface area contributed by atoms with Gasteiger partial charge < -0.3 is 10.2 Å². The molecule has 1 aromatic carbocycles. The summed E-state index contributed by atoms with van der Waals surface area (Å²) in [6.45, 7) is 4.93. The maximum atomic E-state index is 12.9. The van der Waals surface area contributed by atoms with Crippen LogP contribution in [0.2, 0.25) is 0 Å². The maximum Gasteiger partial charge on any atom is 0.249 e. The quantitative estimate of drug-likeness (QED) is 0.898. The molecule has 2 aliphatic heterocycles. The summed E-state index contributed by atoms with van der Waals surface area (Å²) in [4.78, 5) is 15.4. The molecule has 4 heteroatoms. The van der Waals surface area contributed by atoms with E-state index < -0.39 is 0 Å². The molecule has 0 radical (unpaired) electrons. The van der Waals surface area contributed by atoms with Crippen LogP contribution >= 0.6 is 0 Å². The molecule has 2 atom stereocenters. The number of hydrogen-bond donors (Lipinski definition) is 2. The predicted octanol–water partition coefficient (Wildman–Crippen LogP) is 2.77. The van der Waals surface area contributed by atoms with Gasteiger partial charge in [0.1, 0.15) is 0 Å². The van der Waals surface area contributed by atoms with E-state index in [1.165, 1.54) is 18.5 Å². The van der Waals surface area contributed by atoms with Crippen LogP contribution in [-0.2, 0) is 11.3 Å². The number of nitrogens with zero attached hydrogens (tertiary/aromatic N) is 1. The van der Waals surface area contributed by atoms with Gasteiger partial charge in [-0.2, -0.15) is 0 Å². The SMILES string of the molecule is CC1=C(C(=O)NCc2ccccc2)[C@H]2CCC[C@]3(C2)NCCCN13. The lowest BCUT2D eigenvalue weighted by Crippen LogP contribution is -2.66. The van der Waals surface area contributed by atoms with Crippen LogP contribution in [0, 0.1) is 5.92 Å². The number of rotatable bonds is 3. The first-order chi connectivity index (χ1) is 11.7. The van der Waals surface area contributed by atoms with Gasteiger partial charge in [0.25, 0.3) is 0 Å². The van der Waals surface area contributed by atoms with Crippen LogP contribution in [0.25, 0.3) is 0 Å². The van der Waals surface area contributed by atoms with Gasteiger partial charge in [-0.1, -0.05) is 30.3 Å². The Kier molecular flexibility index (Phi) is 4.09. The summed E-state index contributed by atoms with van der Waals surface area (Å²) in [7, 11) is 0. The third kappa shape index (κ3) is 2.63. The van der Waals surface area contributed by atoms with E-state index in [0.29, 0.717) is 12.5 Å². The van der Waals surface area contributed by atoms with Gasteiger partial charge in [0.15, 0.2) is 0 Å². The second kappa shape index (κ2) is 6.25. The Morgan fingerprint density at radius 3 is 3.00 bits per heavy atom. The Hall–Kier alpha value is -1.81. The van der Waals surface area contributed by atoms with Crippen molar-refractivity contribution in [2.45, 2.75) is 51.2 Å². The monoisotopic (exact) mass is 325 g/mol. The highest BCUT2D eigenvalue weighted by Gasteiger charge is 2.48. The minimum atomic E-state index is 0.120. The van der Waals surface area contributed by atoms with Crippen molar-refractivity contribution >= 4 is 5.91 Å². The first-order valence-electron chi connectivity index (χ1n) is 9.25. The molecule has 0 aromatic heterocycles. The fraction of sp³-hybridized carbons (Fsp3) is 0.550. The number of nitrogens with one attached hydrogen (secondary N) is 2. The molecule has 24 heavy (non-hydrogen) atoms. The lowest BCUT2D eigenvalue weighted by atomic mass is 9.71. The molecule has 0 unspecified atom stereocenters. The highest BCUT2D eigenvalue weighted by atomic mass is 16.1.